The Bertz CT molecular complexity index is 370. The van der Waals surface area contributed by atoms with E-state index >= 15 is 0 Å². The monoisotopic (exact) mass is 283 g/mol. The average Bonchev–Trinajstić information content (AvgIpc) is 2.47. The number of benzene rings is 1. The van der Waals surface area contributed by atoms with Crippen molar-refractivity contribution in [1.29, 1.82) is 0 Å². The van der Waals surface area contributed by atoms with Crippen molar-refractivity contribution >= 4 is 5.69 Å². The maximum atomic E-state index is 8.81. The highest BCUT2D eigenvalue weighted by atomic mass is 16.9. The Hall–Kier alpha value is -1.14. The first kappa shape index (κ1) is 16.9. The molecular formula is C15H25NO4. The van der Waals surface area contributed by atoms with Crippen molar-refractivity contribution in [1.82, 2.24) is 0 Å². The predicted octanol–water partition coefficient (Wildman–Crippen LogP) is 2.03. The molecule has 0 unspecified atom stereocenters. The Kier molecular flexibility index (Phi) is 6.95. The van der Waals surface area contributed by atoms with Crippen LogP contribution in [0.2, 0.25) is 0 Å². The van der Waals surface area contributed by atoms with E-state index in [-0.39, 0.29) is 31.8 Å². The van der Waals surface area contributed by atoms with Crippen LogP contribution in [0.25, 0.3) is 0 Å². The molecular weight excluding hydrogens is 258 g/mol. The van der Waals surface area contributed by atoms with Crippen LogP contribution >= 0.6 is 0 Å². The van der Waals surface area contributed by atoms with Crippen molar-refractivity contribution in [3.05, 3.63) is 29.8 Å². The smallest absolute Gasteiger partial charge is 0.101 e. The highest BCUT2D eigenvalue weighted by Gasteiger charge is 2.18. The second kappa shape index (κ2) is 8.21. The summed E-state index contributed by atoms with van der Waals surface area (Å²) in [5.74, 6) is 0. The number of anilines is 1. The molecule has 1 rings (SSSR count). The van der Waals surface area contributed by atoms with Crippen LogP contribution in [0.3, 0.4) is 0 Å². The van der Waals surface area contributed by atoms with E-state index in [1.54, 1.807) is 0 Å². The van der Waals surface area contributed by atoms with Gasteiger partial charge in [0.15, 0.2) is 0 Å². The van der Waals surface area contributed by atoms with Gasteiger partial charge in [0.1, 0.15) is 13.2 Å². The summed E-state index contributed by atoms with van der Waals surface area (Å²) in [4.78, 5) is 10.6. The molecule has 0 heterocycles. The fourth-order valence-corrected chi connectivity index (χ4v) is 1.67. The molecule has 1 aromatic carbocycles. The average molecular weight is 283 g/mol. The van der Waals surface area contributed by atoms with Gasteiger partial charge in [0.25, 0.3) is 0 Å². The molecule has 0 fully saturated rings. The first-order chi connectivity index (χ1) is 9.55. The molecule has 0 spiro atoms. The Labute approximate surface area is 120 Å². The van der Waals surface area contributed by atoms with Gasteiger partial charge in [-0.15, -0.1) is 5.23 Å². The lowest BCUT2D eigenvalue weighted by molar-refractivity contribution is -0.103. The molecule has 20 heavy (non-hydrogen) atoms. The number of aliphatic hydroxyl groups is 2. The van der Waals surface area contributed by atoms with Crippen molar-refractivity contribution in [2.75, 3.05) is 31.7 Å². The molecule has 114 valence electrons. The summed E-state index contributed by atoms with van der Waals surface area (Å²) in [6.45, 7) is 6.63. The summed E-state index contributed by atoms with van der Waals surface area (Å²) in [6, 6.07) is 7.88. The summed E-state index contributed by atoms with van der Waals surface area (Å²) >= 11 is 0. The van der Waals surface area contributed by atoms with Gasteiger partial charge in [0, 0.05) is 0 Å². The van der Waals surface area contributed by atoms with Gasteiger partial charge in [0.2, 0.25) is 0 Å². The van der Waals surface area contributed by atoms with Crippen molar-refractivity contribution in [2.45, 2.75) is 32.6 Å². The van der Waals surface area contributed by atoms with Crippen LogP contribution in [0.1, 0.15) is 32.8 Å². The van der Waals surface area contributed by atoms with Crippen molar-refractivity contribution in [3.8, 4) is 0 Å². The van der Waals surface area contributed by atoms with Crippen LogP contribution in [-0.4, -0.2) is 36.6 Å². The zero-order valence-corrected chi connectivity index (χ0v) is 12.5. The molecule has 2 N–H and O–H groups in total. The third-order valence-electron chi connectivity index (χ3n) is 3.34. The zero-order chi connectivity index (χ0) is 15.0. The molecule has 5 heteroatoms. The van der Waals surface area contributed by atoms with Gasteiger partial charge in [-0.3, -0.25) is 0 Å². The van der Waals surface area contributed by atoms with Crippen LogP contribution in [-0.2, 0) is 15.1 Å². The SMILES string of the molecule is CCC(C)(C)c1ccc(N(OCCO)OCCO)cc1. The van der Waals surface area contributed by atoms with Crippen LogP contribution in [0, 0.1) is 0 Å². The third-order valence-corrected chi connectivity index (χ3v) is 3.34. The molecule has 0 aromatic heterocycles. The third kappa shape index (κ3) is 4.76. The Morgan fingerprint density at radius 3 is 1.90 bits per heavy atom. The number of rotatable bonds is 9. The lowest BCUT2D eigenvalue weighted by Crippen LogP contribution is -2.27. The van der Waals surface area contributed by atoms with Crippen molar-refractivity contribution < 1.29 is 19.9 Å². The van der Waals surface area contributed by atoms with Gasteiger partial charge in [-0.2, -0.15) is 0 Å². The minimum atomic E-state index is -0.0973. The molecule has 0 radical (unpaired) electrons. The predicted molar refractivity (Wildman–Crippen MR) is 78.3 cm³/mol. The first-order valence-electron chi connectivity index (χ1n) is 6.93. The molecule has 1 aromatic rings. The van der Waals surface area contributed by atoms with Crippen LogP contribution < -0.4 is 5.23 Å². The van der Waals surface area contributed by atoms with E-state index in [1.165, 1.54) is 10.8 Å². The Morgan fingerprint density at radius 1 is 1.00 bits per heavy atom. The number of nitrogens with zero attached hydrogens (tertiary/aromatic N) is 1. The Balaban J connectivity index is 2.81. The fourth-order valence-electron chi connectivity index (χ4n) is 1.67. The quantitative estimate of drug-likeness (QED) is 0.679. The second-order valence-corrected chi connectivity index (χ2v) is 5.16. The van der Waals surface area contributed by atoms with Crippen LogP contribution in [0.15, 0.2) is 24.3 Å². The highest BCUT2D eigenvalue weighted by Crippen LogP contribution is 2.28. The lowest BCUT2D eigenvalue weighted by atomic mass is 9.82. The largest absolute Gasteiger partial charge is 0.394 e. The maximum absolute atomic E-state index is 8.81. The number of hydrogen-bond acceptors (Lipinski definition) is 5. The van der Waals surface area contributed by atoms with Gasteiger partial charge >= 0.3 is 0 Å². The van der Waals surface area contributed by atoms with Crippen LogP contribution in [0.5, 0.6) is 0 Å². The number of hydrogen-bond donors (Lipinski definition) is 2. The fraction of sp³-hybridized carbons (Fsp3) is 0.600. The highest BCUT2D eigenvalue weighted by molar-refractivity contribution is 5.44. The van der Waals surface area contributed by atoms with Crippen molar-refractivity contribution in [2.24, 2.45) is 0 Å². The van der Waals surface area contributed by atoms with Gasteiger partial charge in [-0.1, -0.05) is 32.9 Å². The minimum Gasteiger partial charge on any atom is -0.394 e. The van der Waals surface area contributed by atoms with E-state index in [0.717, 1.165) is 12.1 Å². The van der Waals surface area contributed by atoms with Gasteiger partial charge < -0.3 is 10.2 Å². The van der Waals surface area contributed by atoms with E-state index in [1.807, 2.05) is 24.3 Å². The van der Waals surface area contributed by atoms with Crippen molar-refractivity contribution in [3.63, 3.8) is 0 Å². The van der Waals surface area contributed by atoms with Gasteiger partial charge in [-0.05, 0) is 29.5 Å². The molecule has 0 amide bonds. The molecule has 0 bridgehead atoms. The molecule has 0 aliphatic carbocycles. The van der Waals surface area contributed by atoms with E-state index in [9.17, 15) is 0 Å². The zero-order valence-electron chi connectivity index (χ0n) is 12.5. The van der Waals surface area contributed by atoms with E-state index < -0.39 is 0 Å². The lowest BCUT2D eigenvalue weighted by Gasteiger charge is -2.25. The topological polar surface area (TPSA) is 62.2 Å². The summed E-state index contributed by atoms with van der Waals surface area (Å²) in [5.41, 5.74) is 2.09. The molecule has 0 saturated carbocycles. The minimum absolute atomic E-state index is 0.0973. The summed E-state index contributed by atoms with van der Waals surface area (Å²) in [7, 11) is 0. The summed E-state index contributed by atoms with van der Waals surface area (Å²) in [5, 5.41) is 18.9. The van der Waals surface area contributed by atoms with Gasteiger partial charge in [-0.25, -0.2) is 9.68 Å². The first-order valence-corrected chi connectivity index (χ1v) is 6.93. The van der Waals surface area contributed by atoms with Gasteiger partial charge in [0.05, 0.1) is 18.9 Å². The standard InChI is InChI=1S/C15H25NO4/c1-4-15(2,3)13-5-7-14(8-6-13)16(19-11-9-17)20-12-10-18/h5-8,17-18H,4,9-12H2,1-3H3. The molecule has 0 aliphatic heterocycles. The normalized spacial score (nSPS) is 11.7. The molecule has 0 saturated heterocycles. The molecule has 0 atom stereocenters. The van der Waals surface area contributed by atoms with E-state index in [2.05, 4.69) is 20.8 Å². The van der Waals surface area contributed by atoms with E-state index in [4.69, 9.17) is 19.9 Å². The van der Waals surface area contributed by atoms with E-state index in [0.29, 0.717) is 0 Å². The van der Waals surface area contributed by atoms with Crippen LogP contribution in [0.4, 0.5) is 5.69 Å². The Morgan fingerprint density at radius 2 is 1.50 bits per heavy atom. The second-order valence-electron chi connectivity index (χ2n) is 5.16. The summed E-state index contributed by atoms with van der Waals surface area (Å²) < 4.78 is 0. The number of aliphatic hydroxyl groups excluding tert-OH is 2. The molecule has 0 aliphatic rings. The molecule has 5 nitrogen and oxygen atoms in total. The summed E-state index contributed by atoms with van der Waals surface area (Å²) in [6.07, 6.45) is 1.05. The maximum Gasteiger partial charge on any atom is 0.101 e.